The minimum Gasteiger partial charge on any atom is -0.369 e. The summed E-state index contributed by atoms with van der Waals surface area (Å²) in [5.74, 6) is 0.0690. The molecule has 136 valence electrons. The molecule has 1 amide bonds. The van der Waals surface area contributed by atoms with Crippen LogP contribution in [0.3, 0.4) is 0 Å². The van der Waals surface area contributed by atoms with Crippen molar-refractivity contribution in [3.05, 3.63) is 29.8 Å². The fourth-order valence-electron chi connectivity index (χ4n) is 2.52. The third-order valence-corrected chi connectivity index (χ3v) is 4.09. The average molecular weight is 384 g/mol. The summed E-state index contributed by atoms with van der Waals surface area (Å²) in [6.07, 6.45) is -4.32. The number of carbonyl (C=O) groups excluding carboxylic acids is 1. The zero-order valence-electron chi connectivity index (χ0n) is 13.1. The van der Waals surface area contributed by atoms with Crippen LogP contribution in [0.1, 0.15) is 5.56 Å². The van der Waals surface area contributed by atoms with Gasteiger partial charge in [-0.15, -0.1) is 12.4 Å². The number of amides is 1. The minimum absolute atomic E-state index is 0. The molecular formula is C15H21ClF3N3OS. The van der Waals surface area contributed by atoms with Gasteiger partial charge in [-0.1, -0.05) is 6.07 Å². The number of rotatable bonds is 5. The van der Waals surface area contributed by atoms with Crippen molar-refractivity contribution in [2.24, 2.45) is 0 Å². The van der Waals surface area contributed by atoms with E-state index in [1.54, 1.807) is 6.07 Å². The summed E-state index contributed by atoms with van der Waals surface area (Å²) in [6.45, 7) is 4.14. The first kappa shape index (κ1) is 20.9. The normalized spacial score (nSPS) is 15.8. The van der Waals surface area contributed by atoms with Crippen molar-refractivity contribution in [1.82, 2.24) is 10.2 Å². The molecule has 4 nitrogen and oxygen atoms in total. The second-order valence-corrected chi connectivity index (χ2v) is 5.70. The minimum atomic E-state index is -4.32. The molecule has 1 aliphatic rings. The monoisotopic (exact) mass is 383 g/mol. The van der Waals surface area contributed by atoms with E-state index in [4.69, 9.17) is 0 Å². The number of hydrogen-bond donors (Lipinski definition) is 2. The number of piperazine rings is 1. The van der Waals surface area contributed by atoms with Crippen LogP contribution in [-0.2, 0) is 11.0 Å². The van der Waals surface area contributed by atoms with E-state index in [0.29, 0.717) is 25.3 Å². The van der Waals surface area contributed by atoms with Gasteiger partial charge in [0.25, 0.3) is 0 Å². The number of nitrogens with zero attached hydrogens (tertiary/aromatic N) is 2. The Hall–Kier alpha value is -1.12. The second-order valence-electron chi connectivity index (χ2n) is 5.38. The first-order valence-electron chi connectivity index (χ1n) is 7.42. The van der Waals surface area contributed by atoms with Crippen LogP contribution in [0.2, 0.25) is 0 Å². The number of thiol groups is 1. The molecule has 0 radical (unpaired) electrons. The average Bonchev–Trinajstić information content (AvgIpc) is 2.54. The first-order chi connectivity index (χ1) is 10.9. The number of hydrogen-bond acceptors (Lipinski definition) is 4. The van der Waals surface area contributed by atoms with Crippen molar-refractivity contribution < 1.29 is 18.0 Å². The fourth-order valence-corrected chi connectivity index (χ4v) is 2.63. The Morgan fingerprint density at radius 1 is 1.21 bits per heavy atom. The molecule has 1 aromatic rings. The molecule has 1 aliphatic heterocycles. The molecule has 0 spiro atoms. The van der Waals surface area contributed by atoms with Gasteiger partial charge < -0.3 is 10.2 Å². The van der Waals surface area contributed by atoms with Crippen molar-refractivity contribution in [1.29, 1.82) is 0 Å². The van der Waals surface area contributed by atoms with Crippen LogP contribution in [0, 0.1) is 0 Å². The van der Waals surface area contributed by atoms with Crippen LogP contribution in [-0.4, -0.2) is 55.8 Å². The SMILES string of the molecule is Cl.O=C(CS)NCCN1CCN(c2cccc(C(F)(F)F)c2)CC1. The van der Waals surface area contributed by atoms with E-state index in [-0.39, 0.29) is 24.1 Å². The van der Waals surface area contributed by atoms with E-state index in [0.717, 1.165) is 25.7 Å². The third kappa shape index (κ3) is 6.07. The van der Waals surface area contributed by atoms with E-state index in [1.807, 2.05) is 4.90 Å². The molecule has 0 aliphatic carbocycles. The Morgan fingerprint density at radius 3 is 2.46 bits per heavy atom. The Labute approximate surface area is 151 Å². The lowest BCUT2D eigenvalue weighted by Gasteiger charge is -2.36. The van der Waals surface area contributed by atoms with Crippen LogP contribution in [0.5, 0.6) is 0 Å². The van der Waals surface area contributed by atoms with Crippen LogP contribution in [0.25, 0.3) is 0 Å². The maximum Gasteiger partial charge on any atom is 0.416 e. The van der Waals surface area contributed by atoms with Crippen molar-refractivity contribution in [2.45, 2.75) is 6.18 Å². The van der Waals surface area contributed by atoms with Crippen LogP contribution in [0.4, 0.5) is 18.9 Å². The highest BCUT2D eigenvalue weighted by Crippen LogP contribution is 2.31. The lowest BCUT2D eigenvalue weighted by atomic mass is 10.1. The topological polar surface area (TPSA) is 35.6 Å². The van der Waals surface area contributed by atoms with Crippen molar-refractivity contribution in [3.63, 3.8) is 0 Å². The Bertz CT molecular complexity index is 537. The van der Waals surface area contributed by atoms with Crippen LogP contribution < -0.4 is 10.2 Å². The summed E-state index contributed by atoms with van der Waals surface area (Å²) < 4.78 is 38.3. The summed E-state index contributed by atoms with van der Waals surface area (Å²) in [7, 11) is 0. The number of benzene rings is 1. The van der Waals surface area contributed by atoms with Crippen molar-refractivity contribution in [3.8, 4) is 0 Å². The molecule has 24 heavy (non-hydrogen) atoms. The zero-order valence-corrected chi connectivity index (χ0v) is 14.8. The molecule has 1 aromatic carbocycles. The van der Waals surface area contributed by atoms with Gasteiger partial charge in [-0.2, -0.15) is 25.8 Å². The van der Waals surface area contributed by atoms with Gasteiger partial charge in [0.1, 0.15) is 0 Å². The number of carbonyl (C=O) groups is 1. The summed E-state index contributed by atoms with van der Waals surface area (Å²) >= 11 is 3.88. The summed E-state index contributed by atoms with van der Waals surface area (Å²) in [5.41, 5.74) is -0.0188. The second kappa shape index (κ2) is 9.39. The number of halogens is 4. The molecule has 0 bridgehead atoms. The summed E-state index contributed by atoms with van der Waals surface area (Å²) in [6, 6.07) is 5.43. The Balaban J connectivity index is 0.00000288. The van der Waals surface area contributed by atoms with E-state index in [1.165, 1.54) is 12.1 Å². The molecule has 2 rings (SSSR count). The highest BCUT2D eigenvalue weighted by molar-refractivity contribution is 7.81. The largest absolute Gasteiger partial charge is 0.416 e. The molecule has 0 saturated carbocycles. The predicted octanol–water partition coefficient (Wildman–Crippen LogP) is 2.30. The maximum atomic E-state index is 12.8. The number of nitrogens with one attached hydrogen (secondary N) is 1. The smallest absolute Gasteiger partial charge is 0.369 e. The van der Waals surface area contributed by atoms with Gasteiger partial charge in [-0.3, -0.25) is 9.69 Å². The zero-order chi connectivity index (χ0) is 16.9. The molecule has 1 N–H and O–H groups in total. The molecule has 0 aromatic heterocycles. The molecular weight excluding hydrogens is 363 g/mol. The predicted molar refractivity (Wildman–Crippen MR) is 94.2 cm³/mol. The van der Waals surface area contributed by atoms with Gasteiger partial charge in [0.15, 0.2) is 0 Å². The molecule has 9 heteroatoms. The lowest BCUT2D eigenvalue weighted by molar-refractivity contribution is -0.137. The van der Waals surface area contributed by atoms with Gasteiger partial charge in [0.2, 0.25) is 5.91 Å². The van der Waals surface area contributed by atoms with Crippen molar-refractivity contribution >= 4 is 36.6 Å². The highest BCUT2D eigenvalue weighted by atomic mass is 35.5. The molecule has 0 unspecified atom stereocenters. The van der Waals surface area contributed by atoms with E-state index in [9.17, 15) is 18.0 Å². The van der Waals surface area contributed by atoms with Gasteiger partial charge >= 0.3 is 6.18 Å². The van der Waals surface area contributed by atoms with E-state index < -0.39 is 11.7 Å². The first-order valence-corrected chi connectivity index (χ1v) is 8.05. The van der Waals surface area contributed by atoms with Gasteiger partial charge in [-0.25, -0.2) is 0 Å². The molecule has 1 saturated heterocycles. The van der Waals surface area contributed by atoms with E-state index >= 15 is 0 Å². The van der Waals surface area contributed by atoms with E-state index in [2.05, 4.69) is 22.8 Å². The standard InChI is InChI=1S/C15H20F3N3OS.ClH/c16-15(17,18)12-2-1-3-13(10-12)21-8-6-20(7-9-21)5-4-19-14(22)11-23;/h1-3,10,23H,4-9,11H2,(H,19,22);1H. The molecule has 1 fully saturated rings. The summed E-state index contributed by atoms with van der Waals surface area (Å²) in [5, 5.41) is 2.75. The Kier molecular flexibility index (Phi) is 8.18. The molecule has 0 atom stereocenters. The Morgan fingerprint density at radius 2 is 1.88 bits per heavy atom. The summed E-state index contributed by atoms with van der Waals surface area (Å²) in [4.78, 5) is 15.2. The maximum absolute atomic E-state index is 12.8. The fraction of sp³-hybridized carbons (Fsp3) is 0.533. The van der Waals surface area contributed by atoms with Crippen LogP contribution in [0.15, 0.2) is 24.3 Å². The number of alkyl halides is 3. The highest BCUT2D eigenvalue weighted by Gasteiger charge is 2.31. The lowest BCUT2D eigenvalue weighted by Crippen LogP contribution is -2.48. The van der Waals surface area contributed by atoms with Gasteiger partial charge in [0.05, 0.1) is 11.3 Å². The van der Waals surface area contributed by atoms with Gasteiger partial charge in [-0.05, 0) is 18.2 Å². The number of anilines is 1. The quantitative estimate of drug-likeness (QED) is 0.766. The van der Waals surface area contributed by atoms with Crippen LogP contribution >= 0.6 is 25.0 Å². The molecule has 1 heterocycles. The van der Waals surface area contributed by atoms with Crippen molar-refractivity contribution in [2.75, 3.05) is 49.9 Å². The van der Waals surface area contributed by atoms with Gasteiger partial charge in [0, 0.05) is 45.0 Å². The third-order valence-electron chi connectivity index (χ3n) is 3.80.